The molecule has 0 bridgehead atoms. The van der Waals surface area contributed by atoms with Crippen LogP contribution < -0.4 is 5.32 Å². The minimum atomic E-state index is -3.43. The highest BCUT2D eigenvalue weighted by Crippen LogP contribution is 2.29. The highest BCUT2D eigenvalue weighted by Gasteiger charge is 2.29. The van der Waals surface area contributed by atoms with E-state index in [4.69, 9.17) is 11.6 Å². The van der Waals surface area contributed by atoms with Gasteiger partial charge in [0, 0.05) is 24.0 Å². The van der Waals surface area contributed by atoms with Crippen LogP contribution in [0.3, 0.4) is 0 Å². The van der Waals surface area contributed by atoms with Gasteiger partial charge in [0.2, 0.25) is 10.0 Å². The summed E-state index contributed by atoms with van der Waals surface area (Å²) in [6.07, 6.45) is 3.59. The van der Waals surface area contributed by atoms with Crippen LogP contribution in [0.15, 0.2) is 28.0 Å². The van der Waals surface area contributed by atoms with Gasteiger partial charge in [0.1, 0.15) is 0 Å². The van der Waals surface area contributed by atoms with E-state index in [-0.39, 0.29) is 4.90 Å². The number of nitrogens with zero attached hydrogens (tertiary/aromatic N) is 1. The summed E-state index contributed by atoms with van der Waals surface area (Å²) < 4.78 is 26.7. The molecule has 2 rings (SSSR count). The Labute approximate surface area is 129 Å². The van der Waals surface area contributed by atoms with Crippen molar-refractivity contribution in [2.24, 2.45) is 0 Å². The minimum absolute atomic E-state index is 0.281. The molecule has 1 heterocycles. The van der Waals surface area contributed by atoms with Crippen molar-refractivity contribution in [3.05, 3.63) is 23.2 Å². The van der Waals surface area contributed by atoms with Crippen LogP contribution in [0.2, 0.25) is 5.02 Å². The van der Waals surface area contributed by atoms with Crippen LogP contribution >= 0.6 is 23.4 Å². The summed E-state index contributed by atoms with van der Waals surface area (Å²) in [5.41, 5.74) is 0. The summed E-state index contributed by atoms with van der Waals surface area (Å²) in [4.78, 5) is 1.17. The molecule has 1 N–H and O–H groups in total. The van der Waals surface area contributed by atoms with Crippen LogP contribution in [0.1, 0.15) is 12.8 Å². The lowest BCUT2D eigenvalue weighted by Crippen LogP contribution is -2.43. The van der Waals surface area contributed by atoms with E-state index in [0.717, 1.165) is 17.7 Å². The number of sulfonamides is 1. The Morgan fingerprint density at radius 2 is 2.00 bits per heavy atom. The van der Waals surface area contributed by atoms with E-state index in [1.807, 2.05) is 13.3 Å². The molecule has 0 amide bonds. The van der Waals surface area contributed by atoms with Gasteiger partial charge in [-0.2, -0.15) is 4.31 Å². The fraction of sp³-hybridized carbons (Fsp3) is 0.538. The Morgan fingerprint density at radius 3 is 2.50 bits per heavy atom. The molecule has 0 saturated carbocycles. The second-order valence-corrected chi connectivity index (χ2v) is 7.96. The highest BCUT2D eigenvalue weighted by atomic mass is 35.5. The van der Waals surface area contributed by atoms with E-state index in [9.17, 15) is 8.42 Å². The maximum absolute atomic E-state index is 12.6. The number of piperidine rings is 1. The van der Waals surface area contributed by atoms with E-state index in [1.54, 1.807) is 22.5 Å². The summed E-state index contributed by atoms with van der Waals surface area (Å²) in [5.74, 6) is 0. The van der Waals surface area contributed by atoms with E-state index in [1.165, 1.54) is 11.8 Å². The molecule has 0 atom stereocenters. The van der Waals surface area contributed by atoms with Crippen molar-refractivity contribution in [2.45, 2.75) is 28.7 Å². The molecule has 20 heavy (non-hydrogen) atoms. The molecule has 1 aromatic carbocycles. The molecule has 0 unspecified atom stereocenters. The lowest BCUT2D eigenvalue weighted by molar-refractivity contribution is 0.298. The normalized spacial score (nSPS) is 18.4. The highest BCUT2D eigenvalue weighted by molar-refractivity contribution is 7.98. The standard InChI is InChI=1S/C13H19ClN2O2S2/c1-15-10-5-7-16(8-6-10)20(17,18)11-3-4-13(19-2)12(14)9-11/h3-4,9-10,15H,5-8H2,1-2H3. The van der Waals surface area contributed by atoms with Crippen LogP contribution in [0.4, 0.5) is 0 Å². The average molecular weight is 335 g/mol. The van der Waals surface area contributed by atoms with E-state index >= 15 is 0 Å². The van der Waals surface area contributed by atoms with Crippen molar-refractivity contribution in [1.29, 1.82) is 0 Å². The minimum Gasteiger partial charge on any atom is -0.317 e. The maximum atomic E-state index is 12.6. The lowest BCUT2D eigenvalue weighted by Gasteiger charge is -2.31. The zero-order valence-corrected chi connectivity index (χ0v) is 14.0. The van der Waals surface area contributed by atoms with Gasteiger partial charge in [-0.3, -0.25) is 0 Å². The summed E-state index contributed by atoms with van der Waals surface area (Å²) in [7, 11) is -1.52. The van der Waals surface area contributed by atoms with Gasteiger partial charge in [-0.05, 0) is 44.3 Å². The zero-order valence-electron chi connectivity index (χ0n) is 11.6. The van der Waals surface area contributed by atoms with Gasteiger partial charge in [-0.15, -0.1) is 11.8 Å². The lowest BCUT2D eigenvalue weighted by atomic mass is 10.1. The molecule has 0 spiro atoms. The summed E-state index contributed by atoms with van der Waals surface area (Å²) in [5, 5.41) is 3.68. The molecule has 1 aliphatic heterocycles. The Morgan fingerprint density at radius 1 is 1.35 bits per heavy atom. The molecule has 1 fully saturated rings. The Balaban J connectivity index is 2.20. The first-order valence-corrected chi connectivity index (χ1v) is 9.54. The largest absolute Gasteiger partial charge is 0.317 e. The van der Waals surface area contributed by atoms with Crippen LogP contribution in [0.25, 0.3) is 0 Å². The second-order valence-electron chi connectivity index (χ2n) is 4.76. The third-order valence-corrected chi connectivity index (χ3v) is 6.74. The van der Waals surface area contributed by atoms with Crippen molar-refractivity contribution in [1.82, 2.24) is 9.62 Å². The quantitative estimate of drug-likeness (QED) is 0.859. The van der Waals surface area contributed by atoms with E-state index in [0.29, 0.717) is 24.2 Å². The number of nitrogens with one attached hydrogen (secondary N) is 1. The van der Waals surface area contributed by atoms with Crippen molar-refractivity contribution in [3.8, 4) is 0 Å². The van der Waals surface area contributed by atoms with Crippen LogP contribution in [-0.4, -0.2) is 45.2 Å². The van der Waals surface area contributed by atoms with Gasteiger partial charge in [-0.25, -0.2) is 8.42 Å². The predicted molar refractivity (Wildman–Crippen MR) is 84.1 cm³/mol. The van der Waals surface area contributed by atoms with Crippen molar-refractivity contribution in [2.75, 3.05) is 26.4 Å². The number of thioether (sulfide) groups is 1. The Bertz CT molecular complexity index is 570. The first-order chi connectivity index (χ1) is 9.48. The number of halogens is 1. The zero-order chi connectivity index (χ0) is 14.8. The van der Waals surface area contributed by atoms with Gasteiger partial charge in [-0.1, -0.05) is 11.6 Å². The molecule has 112 valence electrons. The van der Waals surface area contributed by atoms with Gasteiger partial charge in [0.25, 0.3) is 0 Å². The molecule has 4 nitrogen and oxygen atoms in total. The first-order valence-electron chi connectivity index (χ1n) is 6.50. The third kappa shape index (κ3) is 3.31. The van der Waals surface area contributed by atoms with Gasteiger partial charge in [0.05, 0.1) is 9.92 Å². The van der Waals surface area contributed by atoms with Crippen LogP contribution in [0.5, 0.6) is 0 Å². The molecule has 1 saturated heterocycles. The number of rotatable bonds is 4. The van der Waals surface area contributed by atoms with Gasteiger partial charge in [0.15, 0.2) is 0 Å². The molecule has 0 radical (unpaired) electrons. The SMILES string of the molecule is CNC1CCN(S(=O)(=O)c2ccc(SC)c(Cl)c2)CC1. The molecule has 7 heteroatoms. The first kappa shape index (κ1) is 16.1. The van der Waals surface area contributed by atoms with E-state index < -0.39 is 10.0 Å². The molecule has 0 aromatic heterocycles. The Kier molecular flexibility index (Phi) is 5.36. The Hall–Kier alpha value is -0.270. The van der Waals surface area contributed by atoms with Crippen molar-refractivity contribution in [3.63, 3.8) is 0 Å². The monoisotopic (exact) mass is 334 g/mol. The molecular formula is C13H19ClN2O2S2. The molecule has 1 aromatic rings. The summed E-state index contributed by atoms with van der Waals surface area (Å²) in [6.45, 7) is 1.10. The van der Waals surface area contributed by atoms with Crippen LogP contribution in [0, 0.1) is 0 Å². The van der Waals surface area contributed by atoms with Crippen LogP contribution in [-0.2, 0) is 10.0 Å². The molecular weight excluding hydrogens is 316 g/mol. The average Bonchev–Trinajstić information content (AvgIpc) is 2.47. The second kappa shape index (κ2) is 6.66. The van der Waals surface area contributed by atoms with Crippen molar-refractivity contribution >= 4 is 33.4 Å². The number of benzene rings is 1. The predicted octanol–water partition coefficient (Wildman–Crippen LogP) is 2.43. The summed E-state index contributed by atoms with van der Waals surface area (Å²) >= 11 is 7.61. The van der Waals surface area contributed by atoms with Gasteiger partial charge >= 0.3 is 0 Å². The third-order valence-electron chi connectivity index (χ3n) is 3.62. The molecule has 0 aliphatic carbocycles. The fourth-order valence-corrected chi connectivity index (χ4v) is 4.77. The van der Waals surface area contributed by atoms with Gasteiger partial charge < -0.3 is 5.32 Å². The smallest absolute Gasteiger partial charge is 0.243 e. The fourth-order valence-electron chi connectivity index (χ4n) is 2.34. The number of hydrogen-bond acceptors (Lipinski definition) is 4. The summed E-state index contributed by atoms with van der Waals surface area (Å²) in [6, 6.07) is 5.36. The number of hydrogen-bond donors (Lipinski definition) is 1. The van der Waals surface area contributed by atoms with Crippen molar-refractivity contribution < 1.29 is 8.42 Å². The topological polar surface area (TPSA) is 49.4 Å². The molecule has 1 aliphatic rings. The maximum Gasteiger partial charge on any atom is 0.243 e. The van der Waals surface area contributed by atoms with E-state index in [2.05, 4.69) is 5.32 Å².